The van der Waals surface area contributed by atoms with Gasteiger partial charge in [0.15, 0.2) is 0 Å². The van der Waals surface area contributed by atoms with Gasteiger partial charge in [0.1, 0.15) is 5.01 Å². The molecule has 0 atom stereocenters. The highest BCUT2D eigenvalue weighted by Gasteiger charge is 2.01. The van der Waals surface area contributed by atoms with Gasteiger partial charge in [0.2, 0.25) is 0 Å². The van der Waals surface area contributed by atoms with Gasteiger partial charge in [0, 0.05) is 18.1 Å². The number of nitrogens with two attached hydrogens (primary N) is 1. The van der Waals surface area contributed by atoms with Crippen LogP contribution >= 0.6 is 11.3 Å². The van der Waals surface area contributed by atoms with Gasteiger partial charge in [0.05, 0.1) is 0 Å². The quantitative estimate of drug-likeness (QED) is 0.778. The van der Waals surface area contributed by atoms with Gasteiger partial charge in [-0.2, -0.15) is 0 Å². The molecular weight excluding hydrogens is 168 g/mol. The van der Waals surface area contributed by atoms with E-state index in [1.165, 1.54) is 5.57 Å². The van der Waals surface area contributed by atoms with Crippen LogP contribution in [0.5, 0.6) is 0 Å². The lowest BCUT2D eigenvalue weighted by Gasteiger charge is -2.06. The maximum Gasteiger partial charge on any atom is 0.115 e. The molecule has 0 unspecified atom stereocenters. The summed E-state index contributed by atoms with van der Waals surface area (Å²) in [4.78, 5) is 4.17. The Bertz CT molecular complexity index is 250. The predicted octanol–water partition coefficient (Wildman–Crippen LogP) is 2.14. The Balaban J connectivity index is 2.78. The fourth-order valence-corrected chi connectivity index (χ4v) is 1.53. The summed E-state index contributed by atoms with van der Waals surface area (Å²) < 4.78 is 0. The number of rotatable bonds is 3. The predicted molar refractivity (Wildman–Crippen MR) is 54.0 cm³/mol. The zero-order valence-corrected chi connectivity index (χ0v) is 8.27. The van der Waals surface area contributed by atoms with Crippen LogP contribution < -0.4 is 5.73 Å². The van der Waals surface area contributed by atoms with E-state index in [1.54, 1.807) is 11.3 Å². The third-order valence-corrected chi connectivity index (χ3v) is 2.46. The Morgan fingerprint density at radius 1 is 1.75 bits per heavy atom. The lowest BCUT2D eigenvalue weighted by Crippen LogP contribution is -2.07. The smallest absolute Gasteiger partial charge is 0.115 e. The van der Waals surface area contributed by atoms with Gasteiger partial charge in [-0.3, -0.25) is 0 Å². The summed E-state index contributed by atoms with van der Waals surface area (Å²) in [5.74, 6) is 0.513. The molecule has 1 rings (SSSR count). The van der Waals surface area contributed by atoms with E-state index in [1.807, 2.05) is 11.6 Å². The Morgan fingerprint density at radius 3 is 2.92 bits per heavy atom. The minimum atomic E-state index is 0.513. The molecule has 0 aliphatic carbocycles. The molecule has 1 aromatic heterocycles. The van der Waals surface area contributed by atoms with Crippen LogP contribution in [0.3, 0.4) is 0 Å². The minimum absolute atomic E-state index is 0.513. The first-order valence-corrected chi connectivity index (χ1v) is 4.92. The lowest BCUT2D eigenvalue weighted by molar-refractivity contribution is 0.752. The number of hydrogen-bond donors (Lipinski definition) is 1. The van der Waals surface area contributed by atoms with E-state index in [9.17, 15) is 0 Å². The number of thiazole rings is 1. The summed E-state index contributed by atoms with van der Waals surface area (Å²) in [6.07, 6.45) is 3.89. The topological polar surface area (TPSA) is 38.9 Å². The molecule has 0 radical (unpaired) electrons. The van der Waals surface area contributed by atoms with Crippen LogP contribution in [0.25, 0.3) is 6.08 Å². The standard InChI is InChI=1S/C9H14N2S/c1-7(2)8(6-10)5-9-11-3-4-12-9/h3-5,7H,6,10H2,1-2H3/b8-5+. The largest absolute Gasteiger partial charge is 0.327 e. The molecule has 0 spiro atoms. The van der Waals surface area contributed by atoms with E-state index < -0.39 is 0 Å². The van der Waals surface area contributed by atoms with Crippen molar-refractivity contribution < 1.29 is 0 Å². The Hall–Kier alpha value is -0.670. The van der Waals surface area contributed by atoms with Crippen molar-refractivity contribution in [3.63, 3.8) is 0 Å². The second kappa shape index (κ2) is 4.38. The first-order chi connectivity index (χ1) is 5.74. The van der Waals surface area contributed by atoms with Gasteiger partial charge in [0.25, 0.3) is 0 Å². The van der Waals surface area contributed by atoms with E-state index in [2.05, 4.69) is 24.9 Å². The molecule has 1 aromatic rings. The van der Waals surface area contributed by atoms with Crippen molar-refractivity contribution in [2.45, 2.75) is 13.8 Å². The fraction of sp³-hybridized carbons (Fsp3) is 0.444. The maximum atomic E-state index is 5.60. The van der Waals surface area contributed by atoms with Crippen LogP contribution in [-0.2, 0) is 0 Å². The van der Waals surface area contributed by atoms with Crippen molar-refractivity contribution in [3.8, 4) is 0 Å². The maximum absolute atomic E-state index is 5.60. The third-order valence-electron chi connectivity index (χ3n) is 1.74. The average Bonchev–Trinajstić information content (AvgIpc) is 2.51. The van der Waals surface area contributed by atoms with E-state index in [0.717, 1.165) is 5.01 Å². The van der Waals surface area contributed by atoms with Gasteiger partial charge in [-0.05, 0) is 12.0 Å². The highest BCUT2D eigenvalue weighted by molar-refractivity contribution is 7.10. The van der Waals surface area contributed by atoms with E-state index >= 15 is 0 Å². The van der Waals surface area contributed by atoms with Crippen molar-refractivity contribution in [3.05, 3.63) is 22.2 Å². The molecule has 0 saturated carbocycles. The Morgan fingerprint density at radius 2 is 2.50 bits per heavy atom. The average molecular weight is 182 g/mol. The van der Waals surface area contributed by atoms with Crippen molar-refractivity contribution in [1.29, 1.82) is 0 Å². The van der Waals surface area contributed by atoms with Gasteiger partial charge in [-0.25, -0.2) is 4.98 Å². The second-order valence-corrected chi connectivity index (χ2v) is 3.87. The van der Waals surface area contributed by atoms with E-state index in [-0.39, 0.29) is 0 Å². The summed E-state index contributed by atoms with van der Waals surface area (Å²) in [6.45, 7) is 4.91. The van der Waals surface area contributed by atoms with Crippen LogP contribution in [0.1, 0.15) is 18.9 Å². The van der Waals surface area contributed by atoms with Gasteiger partial charge in [-0.1, -0.05) is 19.4 Å². The molecule has 0 bridgehead atoms. The highest BCUT2D eigenvalue weighted by Crippen LogP contribution is 2.14. The zero-order valence-electron chi connectivity index (χ0n) is 7.45. The molecule has 1 heterocycles. The second-order valence-electron chi connectivity index (χ2n) is 2.95. The normalized spacial score (nSPS) is 12.5. The summed E-state index contributed by atoms with van der Waals surface area (Å²) >= 11 is 1.64. The molecule has 0 amide bonds. The summed E-state index contributed by atoms with van der Waals surface area (Å²) in [7, 11) is 0. The molecule has 2 N–H and O–H groups in total. The van der Waals surface area contributed by atoms with Crippen LogP contribution in [0, 0.1) is 5.92 Å². The van der Waals surface area contributed by atoms with Gasteiger partial charge < -0.3 is 5.73 Å². The van der Waals surface area contributed by atoms with Crippen LogP contribution in [0.4, 0.5) is 0 Å². The first kappa shape index (κ1) is 9.42. The molecule has 3 heteroatoms. The molecule has 0 aromatic carbocycles. The third kappa shape index (κ3) is 2.43. The summed E-state index contributed by atoms with van der Waals surface area (Å²) in [5.41, 5.74) is 6.85. The van der Waals surface area contributed by atoms with Crippen LogP contribution in [-0.4, -0.2) is 11.5 Å². The van der Waals surface area contributed by atoms with Gasteiger partial charge in [-0.15, -0.1) is 11.3 Å². The molecule has 66 valence electrons. The Kier molecular flexibility index (Phi) is 3.44. The van der Waals surface area contributed by atoms with Crippen LogP contribution in [0.15, 0.2) is 17.2 Å². The Labute approximate surface area is 77.1 Å². The van der Waals surface area contributed by atoms with Crippen molar-refractivity contribution in [2.75, 3.05) is 6.54 Å². The molecule has 12 heavy (non-hydrogen) atoms. The fourth-order valence-electron chi connectivity index (χ4n) is 0.926. The highest BCUT2D eigenvalue weighted by atomic mass is 32.1. The van der Waals surface area contributed by atoms with E-state index in [0.29, 0.717) is 12.5 Å². The van der Waals surface area contributed by atoms with Crippen molar-refractivity contribution in [2.24, 2.45) is 11.7 Å². The SMILES string of the molecule is CC(C)/C(=C/c1nccs1)CN. The first-order valence-electron chi connectivity index (χ1n) is 4.04. The number of nitrogens with zero attached hydrogens (tertiary/aromatic N) is 1. The molecule has 0 saturated heterocycles. The molecule has 0 aliphatic rings. The number of hydrogen-bond acceptors (Lipinski definition) is 3. The van der Waals surface area contributed by atoms with Gasteiger partial charge >= 0.3 is 0 Å². The van der Waals surface area contributed by atoms with Crippen molar-refractivity contribution in [1.82, 2.24) is 4.98 Å². The lowest BCUT2D eigenvalue weighted by atomic mass is 10.0. The molecule has 0 fully saturated rings. The zero-order chi connectivity index (χ0) is 8.97. The number of aromatic nitrogens is 1. The summed E-state index contributed by atoms with van der Waals surface area (Å²) in [6, 6.07) is 0. The summed E-state index contributed by atoms with van der Waals surface area (Å²) in [5, 5.41) is 3.02. The van der Waals surface area contributed by atoms with Crippen LogP contribution in [0.2, 0.25) is 0 Å². The van der Waals surface area contributed by atoms with Crippen molar-refractivity contribution >= 4 is 17.4 Å². The minimum Gasteiger partial charge on any atom is -0.327 e. The monoisotopic (exact) mass is 182 g/mol. The molecule has 2 nitrogen and oxygen atoms in total. The van der Waals surface area contributed by atoms with E-state index in [4.69, 9.17) is 5.73 Å². The molecule has 0 aliphatic heterocycles. The molecular formula is C9H14N2S.